The Bertz CT molecular complexity index is 766. The molecule has 0 spiro atoms. The molecular formula is C15H20N2O2S2. The number of methoxy groups -OCH3 is 1. The molecule has 1 atom stereocenters. The number of ether oxygens (including phenoxy) is 1. The summed E-state index contributed by atoms with van der Waals surface area (Å²) in [4.78, 5) is 18.5. The number of hydrogen-bond acceptors (Lipinski definition) is 4. The zero-order valence-electron chi connectivity index (χ0n) is 12.4. The van der Waals surface area contributed by atoms with Crippen molar-refractivity contribution in [2.75, 3.05) is 13.7 Å². The van der Waals surface area contributed by atoms with Gasteiger partial charge >= 0.3 is 0 Å². The highest BCUT2D eigenvalue weighted by Crippen LogP contribution is 2.34. The third kappa shape index (κ3) is 2.49. The summed E-state index contributed by atoms with van der Waals surface area (Å²) in [5, 5.41) is 0.860. The SMILES string of the molecule is CCCC(COC)n1c(=S)[nH]c2sc3c(c2c1=O)CCC3. The normalized spacial score (nSPS) is 15.5. The predicted molar refractivity (Wildman–Crippen MR) is 89.1 cm³/mol. The van der Waals surface area contributed by atoms with Crippen LogP contribution < -0.4 is 5.56 Å². The Morgan fingerprint density at radius 3 is 3.00 bits per heavy atom. The Balaban J connectivity index is 2.23. The second-order valence-corrected chi connectivity index (χ2v) is 7.06. The summed E-state index contributed by atoms with van der Waals surface area (Å²) in [6, 6.07) is 0.0117. The Kier molecular flexibility index (Phi) is 4.28. The fourth-order valence-electron chi connectivity index (χ4n) is 3.23. The lowest BCUT2D eigenvalue weighted by Gasteiger charge is -2.18. The van der Waals surface area contributed by atoms with E-state index in [0.717, 1.165) is 42.3 Å². The van der Waals surface area contributed by atoms with E-state index in [4.69, 9.17) is 17.0 Å². The number of H-pyrrole nitrogens is 1. The van der Waals surface area contributed by atoms with E-state index < -0.39 is 0 Å². The molecular weight excluding hydrogens is 304 g/mol. The zero-order chi connectivity index (χ0) is 15.0. The first-order valence-electron chi connectivity index (χ1n) is 7.45. The van der Waals surface area contributed by atoms with Crippen LogP contribution in [0.4, 0.5) is 0 Å². The van der Waals surface area contributed by atoms with Gasteiger partial charge in [0.2, 0.25) is 0 Å². The average molecular weight is 324 g/mol. The topological polar surface area (TPSA) is 47.0 Å². The smallest absolute Gasteiger partial charge is 0.263 e. The second kappa shape index (κ2) is 6.02. The van der Waals surface area contributed by atoms with Crippen molar-refractivity contribution < 1.29 is 4.74 Å². The highest BCUT2D eigenvalue weighted by Gasteiger charge is 2.23. The van der Waals surface area contributed by atoms with Gasteiger partial charge in [0.25, 0.3) is 5.56 Å². The summed E-state index contributed by atoms with van der Waals surface area (Å²) in [5.74, 6) is 0. The molecule has 21 heavy (non-hydrogen) atoms. The molecule has 0 aliphatic heterocycles. The summed E-state index contributed by atoms with van der Waals surface area (Å²) in [7, 11) is 1.67. The van der Waals surface area contributed by atoms with Crippen molar-refractivity contribution in [1.29, 1.82) is 0 Å². The molecule has 0 aromatic carbocycles. The second-order valence-electron chi connectivity index (χ2n) is 5.56. The van der Waals surface area contributed by atoms with Crippen molar-refractivity contribution in [2.24, 2.45) is 0 Å². The number of aryl methyl sites for hydroxylation is 2. The van der Waals surface area contributed by atoms with Gasteiger partial charge in [-0.1, -0.05) is 13.3 Å². The number of aromatic amines is 1. The van der Waals surface area contributed by atoms with Crippen LogP contribution in [0, 0.1) is 4.77 Å². The molecule has 1 N–H and O–H groups in total. The van der Waals surface area contributed by atoms with E-state index in [-0.39, 0.29) is 11.6 Å². The maximum absolute atomic E-state index is 13.0. The van der Waals surface area contributed by atoms with E-state index in [1.807, 2.05) is 0 Å². The molecule has 3 rings (SSSR count). The maximum atomic E-state index is 13.0. The molecule has 1 aliphatic rings. The lowest BCUT2D eigenvalue weighted by Crippen LogP contribution is -2.29. The molecule has 2 aromatic heterocycles. The Hall–Kier alpha value is -0.980. The summed E-state index contributed by atoms with van der Waals surface area (Å²) in [6.45, 7) is 2.63. The van der Waals surface area contributed by atoms with Crippen LogP contribution in [0.1, 0.15) is 42.7 Å². The predicted octanol–water partition coefficient (Wildman–Crippen LogP) is 3.60. The quantitative estimate of drug-likeness (QED) is 0.855. The van der Waals surface area contributed by atoms with Gasteiger partial charge in [-0.3, -0.25) is 9.36 Å². The minimum Gasteiger partial charge on any atom is -0.383 e. The zero-order valence-corrected chi connectivity index (χ0v) is 14.0. The van der Waals surface area contributed by atoms with Gasteiger partial charge in [-0.25, -0.2) is 0 Å². The van der Waals surface area contributed by atoms with E-state index in [2.05, 4.69) is 11.9 Å². The van der Waals surface area contributed by atoms with E-state index in [1.54, 1.807) is 23.0 Å². The van der Waals surface area contributed by atoms with Gasteiger partial charge in [-0.15, -0.1) is 11.3 Å². The molecule has 0 radical (unpaired) electrons. The number of rotatable bonds is 5. The summed E-state index contributed by atoms with van der Waals surface area (Å²) in [6.07, 6.45) is 5.14. The monoisotopic (exact) mass is 324 g/mol. The number of nitrogens with one attached hydrogen (secondary N) is 1. The van der Waals surface area contributed by atoms with Crippen LogP contribution in [-0.2, 0) is 17.6 Å². The van der Waals surface area contributed by atoms with Crippen LogP contribution in [0.5, 0.6) is 0 Å². The molecule has 0 bridgehead atoms. The van der Waals surface area contributed by atoms with Crippen molar-refractivity contribution in [3.8, 4) is 0 Å². The third-order valence-corrected chi connectivity index (χ3v) is 5.65. The number of aromatic nitrogens is 2. The highest BCUT2D eigenvalue weighted by molar-refractivity contribution is 7.71. The first-order valence-corrected chi connectivity index (χ1v) is 8.67. The van der Waals surface area contributed by atoms with Crippen LogP contribution in [0.25, 0.3) is 10.2 Å². The lowest BCUT2D eigenvalue weighted by atomic mass is 10.1. The van der Waals surface area contributed by atoms with Gasteiger partial charge < -0.3 is 9.72 Å². The third-order valence-electron chi connectivity index (χ3n) is 4.14. The largest absolute Gasteiger partial charge is 0.383 e. The Labute approximate surface area is 132 Å². The van der Waals surface area contributed by atoms with Gasteiger partial charge in [-0.2, -0.15) is 0 Å². The fourth-order valence-corrected chi connectivity index (χ4v) is 4.91. The van der Waals surface area contributed by atoms with Gasteiger partial charge in [0.05, 0.1) is 18.0 Å². The fraction of sp³-hybridized carbons (Fsp3) is 0.600. The van der Waals surface area contributed by atoms with Crippen LogP contribution >= 0.6 is 23.6 Å². The standard InChI is InChI=1S/C15H20N2O2S2/c1-3-5-9(8-19-2)17-14(18)12-10-6-4-7-11(10)21-13(12)16-15(17)20/h9H,3-8H2,1-2H3,(H,16,20). The van der Waals surface area contributed by atoms with Gasteiger partial charge in [0.15, 0.2) is 4.77 Å². The van der Waals surface area contributed by atoms with Crippen molar-refractivity contribution in [1.82, 2.24) is 9.55 Å². The van der Waals surface area contributed by atoms with E-state index >= 15 is 0 Å². The van der Waals surface area contributed by atoms with E-state index in [9.17, 15) is 4.79 Å². The first-order chi connectivity index (χ1) is 10.2. The maximum Gasteiger partial charge on any atom is 0.263 e. The van der Waals surface area contributed by atoms with Crippen molar-refractivity contribution in [2.45, 2.75) is 45.1 Å². The number of hydrogen-bond donors (Lipinski definition) is 1. The Morgan fingerprint density at radius 1 is 1.48 bits per heavy atom. The van der Waals surface area contributed by atoms with Gasteiger partial charge in [0.1, 0.15) is 4.83 Å². The summed E-state index contributed by atoms with van der Waals surface area (Å²) < 4.78 is 7.54. The van der Waals surface area contributed by atoms with E-state index in [0.29, 0.717) is 11.4 Å². The Morgan fingerprint density at radius 2 is 2.29 bits per heavy atom. The molecule has 6 heteroatoms. The summed E-state index contributed by atoms with van der Waals surface area (Å²) in [5.41, 5.74) is 1.30. The van der Waals surface area contributed by atoms with E-state index in [1.165, 1.54) is 10.4 Å². The molecule has 1 unspecified atom stereocenters. The molecule has 2 heterocycles. The molecule has 0 amide bonds. The molecule has 114 valence electrons. The van der Waals surface area contributed by atoms with Crippen LogP contribution in [0.15, 0.2) is 4.79 Å². The molecule has 2 aromatic rings. The first kappa shape index (κ1) is 14.9. The van der Waals surface area contributed by atoms with Gasteiger partial charge in [-0.05, 0) is 43.5 Å². The van der Waals surface area contributed by atoms with Crippen LogP contribution in [-0.4, -0.2) is 23.3 Å². The summed E-state index contributed by atoms with van der Waals surface area (Å²) >= 11 is 7.13. The lowest BCUT2D eigenvalue weighted by molar-refractivity contribution is 0.148. The minimum atomic E-state index is 0.0117. The van der Waals surface area contributed by atoms with Crippen molar-refractivity contribution in [3.63, 3.8) is 0 Å². The number of thiophene rings is 1. The van der Waals surface area contributed by atoms with Gasteiger partial charge in [0, 0.05) is 12.0 Å². The average Bonchev–Trinajstić information content (AvgIpc) is 2.98. The van der Waals surface area contributed by atoms with Crippen LogP contribution in [0.2, 0.25) is 0 Å². The molecule has 0 fully saturated rings. The van der Waals surface area contributed by atoms with Crippen molar-refractivity contribution in [3.05, 3.63) is 25.6 Å². The van der Waals surface area contributed by atoms with Crippen LogP contribution in [0.3, 0.4) is 0 Å². The minimum absolute atomic E-state index is 0.0117. The highest BCUT2D eigenvalue weighted by atomic mass is 32.1. The number of fused-ring (bicyclic) bond motifs is 3. The molecule has 1 aliphatic carbocycles. The molecule has 4 nitrogen and oxygen atoms in total. The molecule has 0 saturated carbocycles. The number of nitrogens with zero attached hydrogens (tertiary/aromatic N) is 1. The molecule has 0 saturated heterocycles. The van der Waals surface area contributed by atoms with Crippen molar-refractivity contribution >= 4 is 33.8 Å².